The molecule has 0 aliphatic carbocycles. The van der Waals surface area contributed by atoms with E-state index in [1.807, 2.05) is 48.5 Å². The second kappa shape index (κ2) is 15.0. The quantitative estimate of drug-likeness (QED) is 0.128. The maximum Gasteiger partial charge on any atom is 0.394 e. The van der Waals surface area contributed by atoms with Crippen LogP contribution in [0.5, 0.6) is 11.5 Å². The third-order valence-electron chi connectivity index (χ3n) is 7.26. The van der Waals surface area contributed by atoms with Gasteiger partial charge < -0.3 is 20.5 Å². The number of rotatable bonds is 11. The van der Waals surface area contributed by atoms with Crippen LogP contribution in [0.2, 0.25) is 0 Å². The number of hydrogen-bond donors (Lipinski definition) is 3. The van der Waals surface area contributed by atoms with Crippen molar-refractivity contribution >= 4 is 33.7 Å². The van der Waals surface area contributed by atoms with Gasteiger partial charge in [0.05, 0.1) is 6.04 Å². The summed E-state index contributed by atoms with van der Waals surface area (Å²) in [5.41, 5.74) is 5.42. The van der Waals surface area contributed by atoms with E-state index in [1.54, 1.807) is 42.5 Å². The number of carbonyl (C=O) groups is 3. The Bertz CT molecular complexity index is 1760. The van der Waals surface area contributed by atoms with Crippen LogP contribution in [0.1, 0.15) is 33.1 Å². The fraction of sp³-hybridized carbons (Fsp3) is 0.108. The van der Waals surface area contributed by atoms with Crippen molar-refractivity contribution in [3.63, 3.8) is 0 Å². The lowest BCUT2D eigenvalue weighted by Crippen LogP contribution is -2.35. The van der Waals surface area contributed by atoms with Crippen molar-refractivity contribution in [2.24, 2.45) is 0 Å². The molecule has 0 bridgehead atoms. The van der Waals surface area contributed by atoms with Gasteiger partial charge in [0.15, 0.2) is 0 Å². The molecule has 5 aromatic carbocycles. The minimum Gasteiger partial charge on any atom is -0.474 e. The molecule has 0 aromatic heterocycles. The number of benzene rings is 5. The number of carbonyl (C=O) groups excluding carboxylic acids is 2. The average Bonchev–Trinajstić information content (AvgIpc) is 3.06. The largest absolute Gasteiger partial charge is 0.474 e. The first-order valence-corrected chi connectivity index (χ1v) is 15.2. The van der Waals surface area contributed by atoms with Crippen LogP contribution in [0.4, 0.5) is 0 Å². The number of nitrogens with one attached hydrogen (secondary N) is 2. The highest BCUT2D eigenvalue weighted by molar-refractivity contribution is 9.10. The zero-order chi connectivity index (χ0) is 31.6. The third kappa shape index (κ3) is 8.68. The van der Waals surface area contributed by atoms with Gasteiger partial charge in [-0.15, -0.1) is 0 Å². The molecule has 45 heavy (non-hydrogen) atoms. The van der Waals surface area contributed by atoms with E-state index < -0.39 is 17.9 Å². The molecule has 0 unspecified atom stereocenters. The van der Waals surface area contributed by atoms with E-state index in [2.05, 4.69) is 63.0 Å². The fourth-order valence-corrected chi connectivity index (χ4v) is 5.40. The number of aliphatic carboxylic acids is 1. The smallest absolute Gasteiger partial charge is 0.394 e. The van der Waals surface area contributed by atoms with E-state index in [-0.39, 0.29) is 5.91 Å². The molecule has 7 nitrogen and oxygen atoms in total. The fourth-order valence-electron chi connectivity index (χ4n) is 4.86. The summed E-state index contributed by atoms with van der Waals surface area (Å²) in [6.45, 7) is 0.482. The van der Waals surface area contributed by atoms with Crippen molar-refractivity contribution in [2.75, 3.05) is 6.54 Å². The lowest BCUT2D eigenvalue weighted by molar-refractivity contribution is -0.150. The Morgan fingerprint density at radius 2 is 1.36 bits per heavy atom. The molecule has 0 saturated heterocycles. The van der Waals surface area contributed by atoms with Gasteiger partial charge in [0.2, 0.25) is 0 Å². The maximum absolute atomic E-state index is 12.9. The van der Waals surface area contributed by atoms with Gasteiger partial charge in [-0.1, -0.05) is 107 Å². The van der Waals surface area contributed by atoms with Crippen LogP contribution in [0.25, 0.3) is 11.1 Å². The number of amides is 2. The molecule has 0 spiro atoms. The second-order valence-corrected chi connectivity index (χ2v) is 11.2. The predicted octanol–water partition coefficient (Wildman–Crippen LogP) is 7.37. The molecule has 0 aliphatic heterocycles. The topological polar surface area (TPSA) is 105 Å². The maximum atomic E-state index is 12.9. The van der Waals surface area contributed by atoms with E-state index in [4.69, 9.17) is 4.74 Å². The first-order valence-electron chi connectivity index (χ1n) is 14.4. The summed E-state index contributed by atoms with van der Waals surface area (Å²) in [6.07, 6.45) is 0.986. The summed E-state index contributed by atoms with van der Waals surface area (Å²) in [6, 6.07) is 39.5. The van der Waals surface area contributed by atoms with Crippen LogP contribution in [0.3, 0.4) is 0 Å². The molecule has 0 fully saturated rings. The highest BCUT2D eigenvalue weighted by atomic mass is 79.9. The Morgan fingerprint density at radius 1 is 0.733 bits per heavy atom. The number of ether oxygens (including phenoxy) is 1. The molecule has 2 amide bonds. The van der Waals surface area contributed by atoms with Crippen LogP contribution in [0.15, 0.2) is 132 Å². The average molecular weight is 664 g/mol. The highest BCUT2D eigenvalue weighted by Crippen LogP contribution is 2.28. The summed E-state index contributed by atoms with van der Waals surface area (Å²) >= 11 is 3.56. The number of carboxylic acid groups (broad SMARTS) is 1. The van der Waals surface area contributed by atoms with Crippen LogP contribution < -0.4 is 15.4 Å². The lowest BCUT2D eigenvalue weighted by atomic mass is 9.97. The Morgan fingerprint density at radius 3 is 2.00 bits per heavy atom. The molecule has 226 valence electrons. The Kier molecular flexibility index (Phi) is 10.4. The molecule has 1 atom stereocenters. The minimum atomic E-state index is -1.57. The molecule has 0 aliphatic rings. The van der Waals surface area contributed by atoms with Crippen molar-refractivity contribution in [3.8, 4) is 22.6 Å². The van der Waals surface area contributed by atoms with E-state index in [1.165, 1.54) is 0 Å². The number of halogens is 1. The second-order valence-electron chi connectivity index (χ2n) is 10.4. The summed E-state index contributed by atoms with van der Waals surface area (Å²) in [4.78, 5) is 36.4. The van der Waals surface area contributed by atoms with Crippen LogP contribution in [-0.4, -0.2) is 29.4 Å². The molecule has 0 heterocycles. The van der Waals surface area contributed by atoms with Gasteiger partial charge in [0.25, 0.3) is 5.91 Å². The van der Waals surface area contributed by atoms with E-state index in [9.17, 15) is 19.5 Å². The van der Waals surface area contributed by atoms with Crippen LogP contribution in [0, 0.1) is 0 Å². The standard InChI is InChI=1S/C37H31BrN2O5/c38-33-23-30(35(41)39-22-21-25-11-13-27(14-12-25)26-7-3-1-4-8-26)16-15-29(33)24-34(40-36(42)37(43)44)28-17-19-32(20-18-28)45-31-9-5-2-6-10-31/h1-20,23,34H,21-22,24H2,(H,39,41)(H,40,42)(H,43,44)/t34-/m1/s1. The van der Waals surface area contributed by atoms with E-state index in [0.717, 1.165) is 22.3 Å². The van der Waals surface area contributed by atoms with Gasteiger partial charge in [-0.25, -0.2) is 4.79 Å². The lowest BCUT2D eigenvalue weighted by Gasteiger charge is -2.20. The van der Waals surface area contributed by atoms with Crippen LogP contribution in [-0.2, 0) is 22.4 Å². The molecule has 5 rings (SSSR count). The number of hydrogen-bond acceptors (Lipinski definition) is 4. The van der Waals surface area contributed by atoms with Crippen molar-refractivity contribution in [1.82, 2.24) is 10.6 Å². The van der Waals surface area contributed by atoms with Gasteiger partial charge in [0.1, 0.15) is 11.5 Å². The molecule has 0 saturated carbocycles. The van der Waals surface area contributed by atoms with Crippen LogP contribution >= 0.6 is 15.9 Å². The molecule has 3 N–H and O–H groups in total. The molecule has 8 heteroatoms. The predicted molar refractivity (Wildman–Crippen MR) is 177 cm³/mol. The van der Waals surface area contributed by atoms with E-state index >= 15 is 0 Å². The van der Waals surface area contributed by atoms with Gasteiger partial charge >= 0.3 is 11.9 Å². The zero-order valence-electron chi connectivity index (χ0n) is 24.3. The molecule has 0 radical (unpaired) electrons. The minimum absolute atomic E-state index is 0.201. The molecular formula is C37H31BrN2O5. The molecule has 5 aromatic rings. The van der Waals surface area contributed by atoms with Crippen molar-refractivity contribution in [1.29, 1.82) is 0 Å². The number of para-hydroxylation sites is 1. The normalized spacial score (nSPS) is 11.3. The van der Waals surface area contributed by atoms with Gasteiger partial charge in [-0.2, -0.15) is 0 Å². The Hall–Kier alpha value is -5.21. The Balaban J connectivity index is 1.21. The van der Waals surface area contributed by atoms with Gasteiger partial charge in [-0.3, -0.25) is 9.59 Å². The number of carboxylic acids is 1. The van der Waals surface area contributed by atoms with Gasteiger partial charge in [0, 0.05) is 16.6 Å². The van der Waals surface area contributed by atoms with Gasteiger partial charge in [-0.05, 0) is 77.1 Å². The third-order valence-corrected chi connectivity index (χ3v) is 8.00. The van der Waals surface area contributed by atoms with E-state index in [0.29, 0.717) is 46.5 Å². The zero-order valence-corrected chi connectivity index (χ0v) is 25.9. The monoisotopic (exact) mass is 662 g/mol. The SMILES string of the molecule is O=C(O)C(=O)N[C@H](Cc1ccc(C(=O)NCCc2ccc(-c3ccccc3)cc2)cc1Br)c1ccc(Oc2ccccc2)cc1. The van der Waals surface area contributed by atoms with Crippen molar-refractivity contribution in [3.05, 3.63) is 154 Å². The first kappa shape index (κ1) is 31.2. The van der Waals surface area contributed by atoms with Crippen molar-refractivity contribution < 1.29 is 24.2 Å². The van der Waals surface area contributed by atoms with Crippen molar-refractivity contribution in [2.45, 2.75) is 18.9 Å². The summed E-state index contributed by atoms with van der Waals surface area (Å²) in [5.74, 6) is -1.58. The highest BCUT2D eigenvalue weighted by Gasteiger charge is 2.21. The first-order chi connectivity index (χ1) is 21.9. The molecular weight excluding hydrogens is 632 g/mol. The summed E-state index contributed by atoms with van der Waals surface area (Å²) in [5, 5.41) is 14.8. The summed E-state index contributed by atoms with van der Waals surface area (Å²) < 4.78 is 6.52. The summed E-state index contributed by atoms with van der Waals surface area (Å²) in [7, 11) is 0. The Labute approximate surface area is 270 Å².